The fourth-order valence-corrected chi connectivity index (χ4v) is 3.80. The van der Waals surface area contributed by atoms with Crippen molar-refractivity contribution in [1.29, 1.82) is 0 Å². The van der Waals surface area contributed by atoms with Crippen LogP contribution < -0.4 is 10.6 Å². The van der Waals surface area contributed by atoms with Crippen LogP contribution >= 0.6 is 0 Å². The first-order valence-electron chi connectivity index (χ1n) is 10.2. The Morgan fingerprint density at radius 3 is 2.37 bits per heavy atom. The summed E-state index contributed by atoms with van der Waals surface area (Å²) in [7, 11) is 0. The number of aromatic amines is 1. The third-order valence-corrected chi connectivity index (χ3v) is 5.44. The van der Waals surface area contributed by atoms with Gasteiger partial charge >= 0.3 is 0 Å². The second kappa shape index (κ2) is 9.00. The minimum Gasteiger partial charge on any atom is -0.508 e. The van der Waals surface area contributed by atoms with E-state index >= 15 is 0 Å². The number of aromatic nitrogens is 2. The molecule has 4 rings (SSSR count). The van der Waals surface area contributed by atoms with Crippen LogP contribution in [0.2, 0.25) is 0 Å². The van der Waals surface area contributed by atoms with Crippen molar-refractivity contribution < 1.29 is 14.6 Å². The molecule has 1 amide bonds. The molecule has 7 heteroatoms. The van der Waals surface area contributed by atoms with Crippen molar-refractivity contribution in [2.45, 2.75) is 19.3 Å². The summed E-state index contributed by atoms with van der Waals surface area (Å²) in [5.74, 6) is -0.234. The lowest BCUT2D eigenvalue weighted by Gasteiger charge is -2.28. The van der Waals surface area contributed by atoms with Gasteiger partial charge in [-0.1, -0.05) is 24.3 Å². The number of phenolic OH excluding ortho intramolecular Hbond substituents is 1. The number of aromatic hydroxyl groups is 1. The van der Waals surface area contributed by atoms with E-state index in [-0.39, 0.29) is 5.75 Å². The average Bonchev–Trinajstić information content (AvgIpc) is 3.17. The Bertz CT molecular complexity index is 990. The van der Waals surface area contributed by atoms with Crippen LogP contribution in [-0.2, 0) is 24.0 Å². The number of carbonyl (C=O) groups excluding carboxylic acids is 1. The van der Waals surface area contributed by atoms with E-state index in [9.17, 15) is 9.90 Å². The molecule has 0 saturated carbocycles. The van der Waals surface area contributed by atoms with Crippen LogP contribution in [0.5, 0.6) is 5.75 Å². The second-order valence-corrected chi connectivity index (χ2v) is 7.50. The van der Waals surface area contributed by atoms with E-state index in [1.165, 1.54) is 5.69 Å². The van der Waals surface area contributed by atoms with Gasteiger partial charge in [-0.2, -0.15) is 5.10 Å². The zero-order valence-corrected chi connectivity index (χ0v) is 16.8. The van der Waals surface area contributed by atoms with Crippen molar-refractivity contribution in [2.75, 3.05) is 31.2 Å². The summed E-state index contributed by atoms with van der Waals surface area (Å²) in [5, 5.41) is 16.8. The summed E-state index contributed by atoms with van der Waals surface area (Å²) < 4.78 is 5.41. The predicted molar refractivity (Wildman–Crippen MR) is 115 cm³/mol. The normalized spacial score (nSPS) is 14.1. The van der Waals surface area contributed by atoms with E-state index < -0.39 is 5.91 Å². The first kappa shape index (κ1) is 20.0. The molecule has 7 nitrogen and oxygen atoms in total. The zero-order chi connectivity index (χ0) is 20.9. The summed E-state index contributed by atoms with van der Waals surface area (Å²) in [4.78, 5) is 14.4. The van der Waals surface area contributed by atoms with Crippen molar-refractivity contribution in [3.63, 3.8) is 0 Å². The Morgan fingerprint density at radius 2 is 1.70 bits per heavy atom. The smallest absolute Gasteiger partial charge is 0.252 e. The van der Waals surface area contributed by atoms with Gasteiger partial charge in [0.15, 0.2) is 0 Å². The van der Waals surface area contributed by atoms with Crippen molar-refractivity contribution in [1.82, 2.24) is 10.2 Å². The standard InChI is InChI=1S/C23H26N4O3/c24-23(29)22-20(10-5-16-3-8-19(28)9-4-16)25-26-21(22)15-17-1-6-18(7-2-17)27-11-13-30-14-12-27/h1-4,6-9,28H,5,10-15H2,(H2,24,29)(H,25,26). The Kier molecular flexibility index (Phi) is 5.99. The molecule has 0 spiro atoms. The van der Waals surface area contributed by atoms with Crippen molar-refractivity contribution in [3.8, 4) is 5.75 Å². The highest BCUT2D eigenvalue weighted by Gasteiger charge is 2.18. The Morgan fingerprint density at radius 1 is 1.03 bits per heavy atom. The molecular weight excluding hydrogens is 380 g/mol. The van der Waals surface area contributed by atoms with E-state index in [2.05, 4.69) is 39.4 Å². The van der Waals surface area contributed by atoms with Crippen LogP contribution in [-0.4, -0.2) is 47.5 Å². The fraction of sp³-hybridized carbons (Fsp3) is 0.304. The fourth-order valence-electron chi connectivity index (χ4n) is 3.80. The molecule has 4 N–H and O–H groups in total. The molecule has 1 aliphatic heterocycles. The lowest BCUT2D eigenvalue weighted by Crippen LogP contribution is -2.36. The molecule has 0 unspecified atom stereocenters. The number of hydrogen-bond acceptors (Lipinski definition) is 5. The van der Waals surface area contributed by atoms with E-state index in [0.29, 0.717) is 30.5 Å². The molecule has 1 aromatic heterocycles. The van der Waals surface area contributed by atoms with Gasteiger partial charge in [-0.05, 0) is 48.2 Å². The van der Waals surface area contributed by atoms with Gasteiger partial charge in [-0.3, -0.25) is 9.89 Å². The molecule has 3 aromatic rings. The van der Waals surface area contributed by atoms with Crippen LogP contribution in [0.1, 0.15) is 32.9 Å². The van der Waals surface area contributed by atoms with E-state index in [4.69, 9.17) is 10.5 Å². The molecule has 2 heterocycles. The number of ether oxygens (including phenoxy) is 1. The van der Waals surface area contributed by atoms with Gasteiger partial charge in [0.1, 0.15) is 5.75 Å². The number of rotatable bonds is 7. The average molecular weight is 406 g/mol. The number of nitrogens with two attached hydrogens (primary N) is 1. The summed E-state index contributed by atoms with van der Waals surface area (Å²) in [6.07, 6.45) is 1.86. The highest BCUT2D eigenvalue weighted by atomic mass is 16.5. The minimum atomic E-state index is -0.468. The van der Waals surface area contributed by atoms with Gasteiger partial charge in [0.25, 0.3) is 5.91 Å². The molecule has 30 heavy (non-hydrogen) atoms. The molecule has 1 aliphatic rings. The Hall–Kier alpha value is -3.32. The Balaban J connectivity index is 1.46. The lowest BCUT2D eigenvalue weighted by atomic mass is 10.0. The zero-order valence-electron chi connectivity index (χ0n) is 16.8. The topological polar surface area (TPSA) is 104 Å². The third-order valence-electron chi connectivity index (χ3n) is 5.44. The maximum atomic E-state index is 12.1. The molecule has 0 atom stereocenters. The number of H-pyrrole nitrogens is 1. The lowest BCUT2D eigenvalue weighted by molar-refractivity contribution is 0.0998. The van der Waals surface area contributed by atoms with E-state index in [1.54, 1.807) is 12.1 Å². The van der Waals surface area contributed by atoms with E-state index in [1.807, 2.05) is 12.1 Å². The van der Waals surface area contributed by atoms with Crippen LogP contribution in [0, 0.1) is 0 Å². The maximum Gasteiger partial charge on any atom is 0.252 e. The minimum absolute atomic E-state index is 0.235. The van der Waals surface area contributed by atoms with Gasteiger partial charge in [0.05, 0.1) is 30.2 Å². The number of anilines is 1. The summed E-state index contributed by atoms with van der Waals surface area (Å²) >= 11 is 0. The number of carbonyl (C=O) groups is 1. The van der Waals surface area contributed by atoms with Gasteiger partial charge in [0, 0.05) is 25.2 Å². The van der Waals surface area contributed by atoms with Gasteiger partial charge < -0.3 is 20.5 Å². The second-order valence-electron chi connectivity index (χ2n) is 7.50. The SMILES string of the molecule is NC(=O)c1c(CCc2ccc(O)cc2)n[nH]c1Cc1ccc(N2CCOCC2)cc1. The van der Waals surface area contributed by atoms with Gasteiger partial charge in [-0.25, -0.2) is 0 Å². The predicted octanol–water partition coefficient (Wildman–Crippen LogP) is 2.43. The van der Waals surface area contributed by atoms with Gasteiger partial charge in [-0.15, -0.1) is 0 Å². The first-order chi connectivity index (χ1) is 14.6. The summed E-state index contributed by atoms with van der Waals surface area (Å²) in [6, 6.07) is 15.4. The van der Waals surface area contributed by atoms with Crippen LogP contribution in [0.3, 0.4) is 0 Å². The molecule has 1 saturated heterocycles. The summed E-state index contributed by atoms with van der Waals surface area (Å²) in [5.41, 5.74) is 10.9. The molecule has 0 aliphatic carbocycles. The highest BCUT2D eigenvalue weighted by Crippen LogP contribution is 2.21. The van der Waals surface area contributed by atoms with Crippen molar-refractivity contribution >= 4 is 11.6 Å². The number of hydrogen-bond donors (Lipinski definition) is 3. The number of nitrogens with one attached hydrogen (secondary N) is 1. The monoisotopic (exact) mass is 406 g/mol. The maximum absolute atomic E-state index is 12.1. The number of morpholine rings is 1. The molecular formula is C23H26N4O3. The third kappa shape index (κ3) is 4.63. The quantitative estimate of drug-likeness (QED) is 0.559. The van der Waals surface area contributed by atoms with Crippen molar-refractivity contribution in [3.05, 3.63) is 76.6 Å². The largest absolute Gasteiger partial charge is 0.508 e. The van der Waals surface area contributed by atoms with Crippen LogP contribution in [0.25, 0.3) is 0 Å². The van der Waals surface area contributed by atoms with Crippen LogP contribution in [0.4, 0.5) is 5.69 Å². The van der Waals surface area contributed by atoms with E-state index in [0.717, 1.165) is 43.1 Å². The number of benzene rings is 2. The van der Waals surface area contributed by atoms with Gasteiger partial charge in [0.2, 0.25) is 0 Å². The molecule has 0 bridgehead atoms. The first-order valence-corrected chi connectivity index (χ1v) is 10.2. The highest BCUT2D eigenvalue weighted by molar-refractivity contribution is 5.95. The number of primary amides is 1. The number of nitrogens with zero attached hydrogens (tertiary/aromatic N) is 2. The Labute approximate surface area is 175 Å². The molecule has 2 aromatic carbocycles. The number of phenols is 1. The van der Waals surface area contributed by atoms with Crippen LogP contribution in [0.15, 0.2) is 48.5 Å². The summed E-state index contributed by atoms with van der Waals surface area (Å²) in [6.45, 7) is 3.31. The number of aryl methyl sites for hydroxylation is 2. The molecule has 156 valence electrons. The number of amides is 1. The van der Waals surface area contributed by atoms with Crippen molar-refractivity contribution in [2.24, 2.45) is 5.73 Å². The molecule has 0 radical (unpaired) electrons. The molecule has 1 fully saturated rings.